The molecule has 5 rings (SSSR count). The van der Waals surface area contributed by atoms with Crippen molar-refractivity contribution < 1.29 is 18.7 Å². The van der Waals surface area contributed by atoms with Crippen LogP contribution >= 0.6 is 11.6 Å². The molecule has 1 aromatic heterocycles. The zero-order valence-corrected chi connectivity index (χ0v) is 19.6. The van der Waals surface area contributed by atoms with E-state index < -0.39 is 11.4 Å². The normalized spacial score (nSPS) is 22.7. The minimum absolute atomic E-state index is 0.0232. The minimum Gasteiger partial charge on any atom is -0.493 e. The molecule has 34 heavy (non-hydrogen) atoms. The van der Waals surface area contributed by atoms with Crippen LogP contribution in [0, 0.1) is 5.82 Å². The smallest absolute Gasteiger partial charge is 0.165 e. The van der Waals surface area contributed by atoms with Gasteiger partial charge in [0, 0.05) is 17.9 Å². The number of nitrogens with zero attached hydrogens (tertiary/aromatic N) is 2. The van der Waals surface area contributed by atoms with Gasteiger partial charge in [-0.25, -0.2) is 14.4 Å². The number of rotatable bonds is 5. The third kappa shape index (κ3) is 4.28. The number of carbonyl (C=O) groups excluding carboxylic acids is 1. The van der Waals surface area contributed by atoms with Crippen molar-refractivity contribution in [2.45, 2.75) is 50.2 Å². The van der Waals surface area contributed by atoms with E-state index in [0.717, 1.165) is 38.6 Å². The number of Topliss-reactive ketones (excluding diaryl/α,β-unsaturated/α-hetero) is 1. The first-order valence-electron chi connectivity index (χ1n) is 11.5. The number of hydrogen-bond donors (Lipinski definition) is 2. The molecule has 1 spiro atoms. The highest BCUT2D eigenvalue weighted by Gasteiger charge is 2.43. The summed E-state index contributed by atoms with van der Waals surface area (Å²) < 4.78 is 26.4. The van der Waals surface area contributed by atoms with Crippen LogP contribution in [-0.2, 0) is 4.79 Å². The highest BCUT2D eigenvalue weighted by molar-refractivity contribution is 6.31. The molecular formula is C25H26ClFN4O3. The molecule has 0 amide bonds. The van der Waals surface area contributed by atoms with Gasteiger partial charge in [-0.2, -0.15) is 0 Å². The van der Waals surface area contributed by atoms with Crippen molar-refractivity contribution >= 4 is 39.8 Å². The van der Waals surface area contributed by atoms with Crippen molar-refractivity contribution in [1.82, 2.24) is 15.3 Å². The van der Waals surface area contributed by atoms with Gasteiger partial charge in [0.1, 0.15) is 12.1 Å². The Labute approximate surface area is 202 Å². The van der Waals surface area contributed by atoms with Crippen LogP contribution in [0.25, 0.3) is 10.9 Å². The lowest BCUT2D eigenvalue weighted by atomic mass is 9.74. The summed E-state index contributed by atoms with van der Waals surface area (Å²) in [5.74, 6) is 1.31. The minimum atomic E-state index is -0.553. The lowest BCUT2D eigenvalue weighted by molar-refractivity contribution is -0.129. The molecule has 0 radical (unpaired) electrons. The van der Waals surface area contributed by atoms with Crippen LogP contribution in [0.4, 0.5) is 15.9 Å². The summed E-state index contributed by atoms with van der Waals surface area (Å²) in [6, 6.07) is 8.34. The van der Waals surface area contributed by atoms with Gasteiger partial charge < -0.3 is 20.1 Å². The first kappa shape index (κ1) is 22.8. The number of piperidine rings is 1. The van der Waals surface area contributed by atoms with Gasteiger partial charge in [0.25, 0.3) is 0 Å². The summed E-state index contributed by atoms with van der Waals surface area (Å²) in [6.45, 7) is 0.888. The number of methoxy groups -OCH3 is 1. The summed E-state index contributed by atoms with van der Waals surface area (Å²) in [6.07, 6.45) is 5.98. The SMILES string of the molecule is COc1cc2ncnc(Nc3cccc(Cl)c3F)c2cc1O[C@H]1CC[C@]2(CC1)NCCCC2=O. The van der Waals surface area contributed by atoms with Crippen molar-refractivity contribution in [3.8, 4) is 11.5 Å². The molecule has 2 aliphatic rings. The summed E-state index contributed by atoms with van der Waals surface area (Å²) in [7, 11) is 1.58. The first-order chi connectivity index (χ1) is 16.5. The zero-order chi connectivity index (χ0) is 23.7. The van der Waals surface area contributed by atoms with Crippen molar-refractivity contribution in [2.75, 3.05) is 19.0 Å². The largest absolute Gasteiger partial charge is 0.493 e. The van der Waals surface area contributed by atoms with E-state index in [1.165, 1.54) is 12.4 Å². The number of ketones is 1. The van der Waals surface area contributed by atoms with E-state index in [4.69, 9.17) is 21.1 Å². The van der Waals surface area contributed by atoms with Crippen LogP contribution in [0.5, 0.6) is 11.5 Å². The summed E-state index contributed by atoms with van der Waals surface area (Å²) in [5, 5.41) is 7.16. The van der Waals surface area contributed by atoms with Crippen LogP contribution in [0.3, 0.4) is 0 Å². The predicted octanol–water partition coefficient (Wildman–Crippen LogP) is 5.19. The molecule has 178 valence electrons. The number of anilines is 2. The number of carbonyl (C=O) groups is 1. The molecule has 2 N–H and O–H groups in total. The molecule has 0 bridgehead atoms. The molecule has 1 saturated heterocycles. The standard InChI is InChI=1S/C25H26ClFN4O3/c1-33-20-13-19-16(24(29-14-28-19)31-18-5-2-4-17(26)23(18)27)12-21(20)34-15-7-9-25(10-8-15)22(32)6-3-11-30-25/h2,4-5,12-15,30H,3,6-11H2,1H3,(H,28,29,31)/t15-,25+. The highest BCUT2D eigenvalue weighted by atomic mass is 35.5. The maximum absolute atomic E-state index is 14.5. The number of aromatic nitrogens is 2. The maximum atomic E-state index is 14.5. The lowest BCUT2D eigenvalue weighted by Gasteiger charge is -2.42. The Morgan fingerprint density at radius 3 is 2.79 bits per heavy atom. The fourth-order valence-corrected chi connectivity index (χ4v) is 5.07. The summed E-state index contributed by atoms with van der Waals surface area (Å²) in [4.78, 5) is 21.2. The second kappa shape index (κ2) is 9.35. The molecule has 1 aliphatic carbocycles. The van der Waals surface area contributed by atoms with Gasteiger partial charge in [-0.1, -0.05) is 17.7 Å². The second-order valence-corrected chi connectivity index (χ2v) is 9.23. The maximum Gasteiger partial charge on any atom is 0.165 e. The van der Waals surface area contributed by atoms with E-state index in [9.17, 15) is 9.18 Å². The van der Waals surface area contributed by atoms with Gasteiger partial charge in [0.15, 0.2) is 23.1 Å². The van der Waals surface area contributed by atoms with Gasteiger partial charge in [-0.05, 0) is 56.8 Å². The van der Waals surface area contributed by atoms with Crippen molar-refractivity contribution in [1.29, 1.82) is 0 Å². The summed E-state index contributed by atoms with van der Waals surface area (Å²) in [5.41, 5.74) is 0.453. The van der Waals surface area contributed by atoms with Crippen molar-refractivity contribution in [3.05, 3.63) is 47.5 Å². The zero-order valence-electron chi connectivity index (χ0n) is 18.9. The first-order valence-corrected chi connectivity index (χ1v) is 11.9. The average molecular weight is 485 g/mol. The molecule has 9 heteroatoms. The fraction of sp³-hybridized carbons (Fsp3) is 0.400. The Morgan fingerprint density at radius 1 is 1.21 bits per heavy atom. The van der Waals surface area contributed by atoms with Crippen LogP contribution in [0.1, 0.15) is 38.5 Å². The number of ether oxygens (including phenoxy) is 2. The van der Waals surface area contributed by atoms with Gasteiger partial charge in [0.05, 0.1) is 35.0 Å². The number of hydrogen-bond acceptors (Lipinski definition) is 7. The molecule has 3 aromatic rings. The fourth-order valence-electron chi connectivity index (χ4n) is 4.89. The molecule has 0 atom stereocenters. The Morgan fingerprint density at radius 2 is 2.03 bits per heavy atom. The topological polar surface area (TPSA) is 85.4 Å². The predicted molar refractivity (Wildman–Crippen MR) is 129 cm³/mol. The quantitative estimate of drug-likeness (QED) is 0.515. The number of halogens is 2. The number of nitrogens with one attached hydrogen (secondary N) is 2. The van der Waals surface area contributed by atoms with Crippen LogP contribution < -0.4 is 20.1 Å². The molecule has 2 fully saturated rings. The highest BCUT2D eigenvalue weighted by Crippen LogP contribution is 2.39. The van der Waals surface area contributed by atoms with E-state index in [2.05, 4.69) is 20.6 Å². The average Bonchev–Trinajstić information content (AvgIpc) is 2.85. The van der Waals surface area contributed by atoms with Gasteiger partial charge >= 0.3 is 0 Å². The molecule has 2 heterocycles. The van der Waals surface area contributed by atoms with Gasteiger partial charge in [-0.3, -0.25) is 4.79 Å². The Kier molecular flexibility index (Phi) is 6.27. The Balaban J connectivity index is 1.41. The molecule has 1 aliphatic heterocycles. The van der Waals surface area contributed by atoms with E-state index >= 15 is 0 Å². The molecule has 0 unspecified atom stereocenters. The van der Waals surface area contributed by atoms with E-state index in [1.54, 1.807) is 25.3 Å². The van der Waals surface area contributed by atoms with Crippen LogP contribution in [0.15, 0.2) is 36.7 Å². The van der Waals surface area contributed by atoms with E-state index in [0.29, 0.717) is 40.4 Å². The van der Waals surface area contributed by atoms with E-state index in [-0.39, 0.29) is 16.8 Å². The third-order valence-corrected chi connectivity index (χ3v) is 7.07. The van der Waals surface area contributed by atoms with Crippen LogP contribution in [-0.4, -0.2) is 41.0 Å². The molecule has 2 aromatic carbocycles. The van der Waals surface area contributed by atoms with Crippen LogP contribution in [0.2, 0.25) is 5.02 Å². The monoisotopic (exact) mass is 484 g/mol. The molecule has 7 nitrogen and oxygen atoms in total. The lowest BCUT2D eigenvalue weighted by Crippen LogP contribution is -2.58. The van der Waals surface area contributed by atoms with Crippen molar-refractivity contribution in [2.24, 2.45) is 0 Å². The Hall–Kier alpha value is -2.97. The van der Waals surface area contributed by atoms with Crippen molar-refractivity contribution in [3.63, 3.8) is 0 Å². The van der Waals surface area contributed by atoms with E-state index in [1.807, 2.05) is 6.07 Å². The Bertz CT molecular complexity index is 1230. The summed E-state index contributed by atoms with van der Waals surface area (Å²) >= 11 is 5.92. The number of benzene rings is 2. The van der Waals surface area contributed by atoms with Gasteiger partial charge in [0.2, 0.25) is 0 Å². The molecule has 1 saturated carbocycles. The van der Waals surface area contributed by atoms with Gasteiger partial charge in [-0.15, -0.1) is 0 Å². The third-order valence-electron chi connectivity index (χ3n) is 6.78. The molecular weight excluding hydrogens is 459 g/mol. The number of fused-ring (bicyclic) bond motifs is 1. The second-order valence-electron chi connectivity index (χ2n) is 8.82.